The zero-order chi connectivity index (χ0) is 15.4. The topological polar surface area (TPSA) is 68.4 Å². The quantitative estimate of drug-likeness (QED) is 0.831. The van der Waals surface area contributed by atoms with Crippen molar-refractivity contribution < 1.29 is 9.84 Å². The molecule has 0 radical (unpaired) electrons. The maximum absolute atomic E-state index is 8.91. The van der Waals surface area contributed by atoms with E-state index in [-0.39, 0.29) is 11.6 Å². The molecule has 110 valence electrons. The molecule has 1 heterocycles. The highest BCUT2D eigenvalue weighted by Crippen LogP contribution is 2.26. The van der Waals surface area contributed by atoms with Gasteiger partial charge in [-0.2, -0.15) is 0 Å². The molecule has 2 rings (SSSR count). The summed E-state index contributed by atoms with van der Waals surface area (Å²) in [4.78, 5) is 4.65. The van der Waals surface area contributed by atoms with E-state index in [4.69, 9.17) is 27.8 Å². The molecule has 0 amide bonds. The lowest BCUT2D eigenvalue weighted by Crippen LogP contribution is -2.14. The Labute approximate surface area is 129 Å². The third kappa shape index (κ3) is 3.77. The van der Waals surface area contributed by atoms with E-state index in [9.17, 15) is 0 Å². The molecule has 0 aliphatic heterocycles. The fraction of sp³-hybridized carbons (Fsp3) is 0.250. The van der Waals surface area contributed by atoms with Crippen LogP contribution in [0.2, 0.25) is 0 Å². The van der Waals surface area contributed by atoms with Crippen molar-refractivity contribution in [1.29, 1.82) is 0 Å². The molecule has 0 atom stereocenters. The summed E-state index contributed by atoms with van der Waals surface area (Å²) in [6, 6.07) is 9.43. The highest BCUT2D eigenvalue weighted by atomic mass is 32.1. The second-order valence-electron chi connectivity index (χ2n) is 4.84. The van der Waals surface area contributed by atoms with Gasteiger partial charge in [0.15, 0.2) is 0 Å². The van der Waals surface area contributed by atoms with Gasteiger partial charge in [0.1, 0.15) is 10.7 Å². The van der Waals surface area contributed by atoms with Gasteiger partial charge in [0.05, 0.1) is 5.56 Å². The molecule has 0 unspecified atom stereocenters. The van der Waals surface area contributed by atoms with Crippen LogP contribution in [0.15, 0.2) is 30.3 Å². The van der Waals surface area contributed by atoms with Crippen LogP contribution >= 0.6 is 12.2 Å². The molecule has 4 nitrogen and oxygen atoms in total. The molecule has 2 aromatic rings. The zero-order valence-corrected chi connectivity index (χ0v) is 12.9. The van der Waals surface area contributed by atoms with Crippen molar-refractivity contribution in [3.63, 3.8) is 0 Å². The lowest BCUT2D eigenvalue weighted by molar-refractivity contribution is 0.299. The number of hydrogen-bond acceptors (Lipinski definition) is 4. The number of aliphatic hydroxyl groups excluding tert-OH is 1. The van der Waals surface area contributed by atoms with Crippen molar-refractivity contribution in [3.8, 4) is 11.6 Å². The summed E-state index contributed by atoms with van der Waals surface area (Å²) < 4.78 is 5.82. The number of aliphatic hydroxyl groups is 1. The molecule has 1 aromatic carbocycles. The SMILES string of the molecule is Cc1cc(C)c(C(N)=S)c(Oc2ccc(CCO)cc2)n1. The first-order valence-electron chi connectivity index (χ1n) is 6.67. The maximum Gasteiger partial charge on any atom is 0.229 e. The fourth-order valence-electron chi connectivity index (χ4n) is 2.14. The second kappa shape index (κ2) is 6.65. The Hall–Kier alpha value is -1.98. The van der Waals surface area contributed by atoms with Crippen molar-refractivity contribution in [2.24, 2.45) is 5.73 Å². The van der Waals surface area contributed by atoms with Crippen LogP contribution in [-0.4, -0.2) is 21.7 Å². The number of thiocarbonyl (C=S) groups is 1. The lowest BCUT2D eigenvalue weighted by Gasteiger charge is -2.13. The Morgan fingerprint density at radius 3 is 2.52 bits per heavy atom. The van der Waals surface area contributed by atoms with Gasteiger partial charge in [-0.15, -0.1) is 0 Å². The number of aryl methyl sites for hydroxylation is 2. The van der Waals surface area contributed by atoms with Crippen LogP contribution in [0.25, 0.3) is 0 Å². The van der Waals surface area contributed by atoms with Crippen molar-refractivity contribution >= 4 is 17.2 Å². The lowest BCUT2D eigenvalue weighted by atomic mass is 10.1. The van der Waals surface area contributed by atoms with E-state index >= 15 is 0 Å². The van der Waals surface area contributed by atoms with E-state index in [2.05, 4.69) is 4.98 Å². The number of nitrogens with two attached hydrogens (primary N) is 1. The third-order valence-corrected chi connectivity index (χ3v) is 3.30. The molecule has 5 heteroatoms. The van der Waals surface area contributed by atoms with Gasteiger partial charge in [0, 0.05) is 12.3 Å². The number of pyridine rings is 1. The van der Waals surface area contributed by atoms with Crippen LogP contribution in [0.1, 0.15) is 22.4 Å². The van der Waals surface area contributed by atoms with Gasteiger partial charge in [0.2, 0.25) is 5.88 Å². The summed E-state index contributed by atoms with van der Waals surface area (Å²) >= 11 is 5.08. The molecular weight excluding hydrogens is 284 g/mol. The molecule has 3 N–H and O–H groups in total. The number of aromatic nitrogens is 1. The Bertz CT molecular complexity index is 654. The standard InChI is InChI=1S/C16H18N2O2S/c1-10-9-11(2)18-16(14(10)15(17)21)20-13-5-3-12(4-6-13)7-8-19/h3-6,9,19H,7-8H2,1-2H3,(H2,17,21). The van der Waals surface area contributed by atoms with Gasteiger partial charge in [-0.1, -0.05) is 24.4 Å². The van der Waals surface area contributed by atoms with Crippen molar-refractivity contribution in [2.75, 3.05) is 6.61 Å². The zero-order valence-electron chi connectivity index (χ0n) is 12.1. The molecule has 0 spiro atoms. The largest absolute Gasteiger partial charge is 0.438 e. The fourth-order valence-corrected chi connectivity index (χ4v) is 2.39. The van der Waals surface area contributed by atoms with Crippen LogP contribution in [0, 0.1) is 13.8 Å². The minimum absolute atomic E-state index is 0.129. The van der Waals surface area contributed by atoms with E-state index < -0.39 is 0 Å². The van der Waals surface area contributed by atoms with E-state index in [1.807, 2.05) is 44.2 Å². The van der Waals surface area contributed by atoms with E-state index in [1.54, 1.807) is 0 Å². The predicted molar refractivity (Wildman–Crippen MR) is 86.9 cm³/mol. The van der Waals surface area contributed by atoms with Gasteiger partial charge >= 0.3 is 0 Å². The van der Waals surface area contributed by atoms with Gasteiger partial charge in [-0.3, -0.25) is 0 Å². The normalized spacial score (nSPS) is 10.4. The first-order chi connectivity index (χ1) is 10.0. The Morgan fingerprint density at radius 1 is 1.29 bits per heavy atom. The summed E-state index contributed by atoms with van der Waals surface area (Å²) in [6.07, 6.45) is 0.625. The third-order valence-electron chi connectivity index (χ3n) is 3.10. The maximum atomic E-state index is 8.91. The number of hydrogen-bond donors (Lipinski definition) is 2. The first kappa shape index (κ1) is 15.4. The summed E-state index contributed by atoms with van der Waals surface area (Å²) in [6.45, 7) is 3.96. The van der Waals surface area contributed by atoms with Gasteiger partial charge in [-0.25, -0.2) is 4.98 Å². The van der Waals surface area contributed by atoms with Crippen LogP contribution in [0.5, 0.6) is 11.6 Å². The highest BCUT2D eigenvalue weighted by molar-refractivity contribution is 7.80. The predicted octanol–water partition coefficient (Wildman–Crippen LogP) is 2.66. The van der Waals surface area contributed by atoms with Crippen LogP contribution < -0.4 is 10.5 Å². The monoisotopic (exact) mass is 302 g/mol. The van der Waals surface area contributed by atoms with Crippen LogP contribution in [-0.2, 0) is 6.42 Å². The summed E-state index contributed by atoms with van der Waals surface area (Å²) in [5.41, 5.74) is 9.27. The Kier molecular flexibility index (Phi) is 4.88. The number of nitrogens with zero attached hydrogens (tertiary/aromatic N) is 1. The van der Waals surface area contributed by atoms with E-state index in [1.165, 1.54) is 0 Å². The minimum atomic E-state index is 0.129. The molecule has 0 saturated carbocycles. The molecule has 21 heavy (non-hydrogen) atoms. The van der Waals surface area contributed by atoms with E-state index in [0.29, 0.717) is 23.6 Å². The molecular formula is C16H18N2O2S. The molecule has 1 aromatic heterocycles. The van der Waals surface area contributed by atoms with Gasteiger partial charge in [0.25, 0.3) is 0 Å². The van der Waals surface area contributed by atoms with Crippen LogP contribution in [0.4, 0.5) is 0 Å². The molecule has 0 saturated heterocycles. The van der Waals surface area contributed by atoms with Gasteiger partial charge in [-0.05, 0) is 49.6 Å². The van der Waals surface area contributed by atoms with Crippen LogP contribution in [0.3, 0.4) is 0 Å². The molecule has 0 bridgehead atoms. The van der Waals surface area contributed by atoms with E-state index in [0.717, 1.165) is 16.8 Å². The summed E-state index contributed by atoms with van der Waals surface area (Å²) in [7, 11) is 0. The summed E-state index contributed by atoms with van der Waals surface area (Å²) in [5, 5.41) is 8.91. The molecule has 0 aliphatic carbocycles. The molecule has 0 fully saturated rings. The molecule has 0 aliphatic rings. The van der Waals surface area contributed by atoms with Crippen molar-refractivity contribution in [3.05, 3.63) is 52.7 Å². The number of benzene rings is 1. The second-order valence-corrected chi connectivity index (χ2v) is 5.28. The number of rotatable bonds is 5. The number of ether oxygens (including phenoxy) is 1. The summed E-state index contributed by atoms with van der Waals surface area (Å²) in [5.74, 6) is 1.08. The smallest absolute Gasteiger partial charge is 0.229 e. The first-order valence-corrected chi connectivity index (χ1v) is 7.08. The Morgan fingerprint density at radius 2 is 1.95 bits per heavy atom. The minimum Gasteiger partial charge on any atom is -0.438 e. The highest BCUT2D eigenvalue weighted by Gasteiger charge is 2.13. The van der Waals surface area contributed by atoms with Crippen molar-refractivity contribution in [1.82, 2.24) is 4.98 Å². The van der Waals surface area contributed by atoms with Gasteiger partial charge < -0.3 is 15.6 Å². The van der Waals surface area contributed by atoms with Crippen molar-refractivity contribution in [2.45, 2.75) is 20.3 Å². The Balaban J connectivity index is 2.32. The average molecular weight is 302 g/mol. The average Bonchev–Trinajstić information content (AvgIpc) is 2.40.